The molecule has 146 heavy (non-hydrogen) atoms. The van der Waals surface area contributed by atoms with Crippen LogP contribution in [0, 0.1) is 29.6 Å². The van der Waals surface area contributed by atoms with Crippen LogP contribution in [0.25, 0.3) is 0 Å². The first-order valence-electron chi connectivity index (χ1n) is 48.9. The zero-order valence-electron chi connectivity index (χ0n) is 86.7. The molecule has 48 nitrogen and oxygen atoms in total. The van der Waals surface area contributed by atoms with Crippen LogP contribution >= 0.6 is 11.8 Å². The molecule has 0 radical (unpaired) electrons. The standard InChI is InChI=1S/C97H150N24O24S/c1-21-52(13)76(95(143)114-68-48-146-43-40-100-92(140)74(50(9)10)115-86(134)65(44-49(7)8)112-89(68)137)117-84(132)60(24-4)106-88(136)67(47-122)105-73(125)46-101-82(130)63(36-38-71(98)123)111-94(142)77(53(14)22-2)118-93(141)75(51(11)12)116-87(135)66(45-58-32-28-27-29-33-58)113-85(133)64(37-39-72(99)124)110-80(128)55(16)102-78(126)54(15)103-83(131)59(23-3)107-91(139)70-35-31-42-121(70)96(144)61(25-5)108-79(127)56(17)104-90(138)69-34-30-41-120(69)97(145)62(26-6)109-81(129)57(18)119(19)20/h23-29,32-33,40,43,49-57,63-70,74-77,122H,21-22,30-31,34-39,41-42,44-48H2,1-20H3,(H2,98,123)(H2,99,124)(H,100,140)(H,101,130)(H,102,126)(H,103,131)(H,104,138)(H,105,125)(H,106,136)(H,107,139)(H,108,127)(H,109,129)(H,110,128)(H,111,142)(H,112,137)(H,113,133)(H,114,143)(H,115,134)(H,116,135)(H,117,132)(H,118,141)/b43-40+,59-23+,60-24+,61-25+,62-26+/t52-,53-,54-,55-,56-,57-,63-,64-,65?,66-,67-,68?,69-,70-,74-,75-,76-,77-/m0/s1. The lowest BCUT2D eigenvalue weighted by Crippen LogP contribution is -2.62. The highest BCUT2D eigenvalue weighted by molar-refractivity contribution is 8.02. The number of hydrogen-bond acceptors (Lipinski definition) is 26. The lowest BCUT2D eigenvalue weighted by molar-refractivity contribution is -0.138. The molecule has 0 aromatic heterocycles. The second-order valence-corrected chi connectivity index (χ2v) is 38.3. The molecule has 23 amide bonds. The number of aliphatic hydroxyl groups excluding tert-OH is 1. The monoisotopic (exact) mass is 2070 g/mol. The van der Waals surface area contributed by atoms with Crippen LogP contribution < -0.4 is 112 Å². The maximum atomic E-state index is 14.8. The first-order chi connectivity index (χ1) is 68.7. The Morgan fingerprint density at radius 2 is 0.959 bits per heavy atom. The number of hydrogen-bond donors (Lipinski definition) is 22. The van der Waals surface area contributed by atoms with E-state index in [0.717, 1.165) is 17.8 Å². The lowest BCUT2D eigenvalue weighted by Gasteiger charge is -2.30. The quantitative estimate of drug-likeness (QED) is 0.0277. The highest BCUT2D eigenvalue weighted by Gasteiger charge is 2.44. The molecule has 49 heteroatoms. The van der Waals surface area contributed by atoms with Crippen molar-refractivity contribution in [3.05, 3.63) is 94.6 Å². The summed E-state index contributed by atoms with van der Waals surface area (Å²) >= 11 is 1.06. The maximum Gasteiger partial charge on any atom is 0.270 e. The van der Waals surface area contributed by atoms with Gasteiger partial charge in [-0.2, -0.15) is 0 Å². The summed E-state index contributed by atoms with van der Waals surface area (Å²) in [6.07, 6.45) is 6.03. The summed E-state index contributed by atoms with van der Waals surface area (Å²) in [5.74, 6) is -22.6. The summed E-state index contributed by atoms with van der Waals surface area (Å²) in [6.45, 7) is 26.3. The van der Waals surface area contributed by atoms with Crippen molar-refractivity contribution in [2.24, 2.45) is 41.1 Å². The van der Waals surface area contributed by atoms with E-state index in [4.69, 9.17) is 11.5 Å². The maximum absolute atomic E-state index is 14.8. The van der Waals surface area contributed by atoms with Gasteiger partial charge in [0.1, 0.15) is 113 Å². The van der Waals surface area contributed by atoms with E-state index in [1.54, 1.807) is 119 Å². The van der Waals surface area contributed by atoms with Crippen molar-refractivity contribution in [3.8, 4) is 0 Å². The number of thioether (sulfide) groups is 1. The van der Waals surface area contributed by atoms with Gasteiger partial charge in [-0.05, 0) is 155 Å². The molecule has 0 aliphatic carbocycles. The van der Waals surface area contributed by atoms with E-state index in [1.807, 2.05) is 13.8 Å². The smallest absolute Gasteiger partial charge is 0.270 e. The van der Waals surface area contributed by atoms with Crippen LogP contribution in [0.15, 0.2) is 89.0 Å². The van der Waals surface area contributed by atoms with E-state index in [2.05, 4.69) is 101 Å². The van der Waals surface area contributed by atoms with E-state index < -0.39 is 295 Å². The number of nitrogens with one attached hydrogen (secondary N) is 19. The predicted octanol–water partition coefficient (Wildman–Crippen LogP) is -3.97. The molecular weight excluding hydrogens is 1920 g/mol. The van der Waals surface area contributed by atoms with Crippen molar-refractivity contribution in [1.82, 2.24) is 116 Å². The molecule has 808 valence electrons. The first-order valence-corrected chi connectivity index (χ1v) is 50.0. The predicted molar refractivity (Wildman–Crippen MR) is 537 cm³/mol. The van der Waals surface area contributed by atoms with Crippen LogP contribution in [0.5, 0.6) is 0 Å². The van der Waals surface area contributed by atoms with Crippen molar-refractivity contribution < 1.29 is 115 Å². The highest BCUT2D eigenvalue weighted by Crippen LogP contribution is 2.24. The molecule has 4 rings (SSSR count). The van der Waals surface area contributed by atoms with Crippen molar-refractivity contribution in [2.45, 2.75) is 298 Å². The SMILES string of the molecule is C/C=C(/NC(=O)[C@H](CO)NC(=O)CNC(=O)[C@H](CCC(N)=O)NC(=O)[C@@H](NC(=O)[C@@H](NC(=O)[C@H](Cc1ccccc1)NC(=O)[C@H](CCC(N)=O)NC(=O)[C@H](C)NC(=O)[C@H](C)NC(=O)/C(=C\C)NC(=O)[C@@H]1CCCN1C(=O)/C(=C\C)NC(=O)[C@H](C)NC(=O)[C@@H]1CCCN1C(=O)/C(=C\C)NC(=O)[C@H](C)N(C)C)C(C)C)[C@@H](C)CC)C(=O)N[C@H](C(=O)NC1CS/C=C/NC(=O)[C@H](C(C)C)NC(=O)C(CC(C)C)NC1=O)[C@@H](C)CC. The van der Waals surface area contributed by atoms with Crippen LogP contribution in [0.1, 0.15) is 201 Å². The second kappa shape index (κ2) is 61.3. The number of primary amides is 2. The van der Waals surface area contributed by atoms with E-state index in [9.17, 15) is 115 Å². The summed E-state index contributed by atoms with van der Waals surface area (Å²) in [6, 6.07) is -13.2. The molecule has 3 aliphatic rings. The van der Waals surface area contributed by atoms with Crippen LogP contribution in [0.3, 0.4) is 0 Å². The summed E-state index contributed by atoms with van der Waals surface area (Å²) in [7, 11) is 3.40. The Labute approximate surface area is 854 Å². The molecule has 2 unspecified atom stereocenters. The topological polar surface area (TPSA) is 703 Å². The molecule has 1 aromatic rings. The summed E-state index contributed by atoms with van der Waals surface area (Å²) in [5, 5.41) is 60.0. The van der Waals surface area contributed by atoms with Gasteiger partial charge in [-0.15, -0.1) is 11.8 Å². The number of carbonyl (C=O) groups excluding carboxylic acids is 23. The fraction of sp³-hybridized carbons (Fsp3) is 0.598. The minimum absolute atomic E-state index is 0.0257. The summed E-state index contributed by atoms with van der Waals surface area (Å²) in [5.41, 5.74) is 10.4. The molecule has 0 saturated carbocycles. The Morgan fingerprint density at radius 1 is 0.486 bits per heavy atom. The number of likely N-dealkylation sites (N-methyl/N-ethyl adjacent to an activating group) is 1. The average Bonchev–Trinajstić information content (AvgIpc) is 1.71. The minimum atomic E-state index is -1.81. The average molecular weight is 2070 g/mol. The highest BCUT2D eigenvalue weighted by atomic mass is 32.2. The van der Waals surface area contributed by atoms with E-state index in [-0.39, 0.29) is 79.9 Å². The largest absolute Gasteiger partial charge is 0.394 e. The number of amides is 23. The number of aliphatic hydroxyl groups is 1. The number of benzene rings is 1. The number of allylic oxidation sites excluding steroid dienone is 4. The Kier molecular flexibility index (Phi) is 52.2. The third-order valence-corrected chi connectivity index (χ3v) is 25.5. The van der Waals surface area contributed by atoms with Gasteiger partial charge in [-0.25, -0.2) is 0 Å². The van der Waals surface area contributed by atoms with Gasteiger partial charge < -0.3 is 127 Å². The zero-order valence-corrected chi connectivity index (χ0v) is 87.6. The fourth-order valence-corrected chi connectivity index (χ4v) is 15.9. The van der Waals surface area contributed by atoms with Gasteiger partial charge in [0.05, 0.1) is 19.2 Å². The molecule has 18 atom stereocenters. The number of rotatable bonds is 52. The first kappa shape index (κ1) is 124. The van der Waals surface area contributed by atoms with Gasteiger partial charge in [0.15, 0.2) is 0 Å². The third-order valence-electron chi connectivity index (χ3n) is 24.7. The van der Waals surface area contributed by atoms with Gasteiger partial charge in [-0.3, -0.25) is 115 Å². The van der Waals surface area contributed by atoms with Gasteiger partial charge in [0.25, 0.3) is 23.6 Å². The van der Waals surface area contributed by atoms with E-state index in [1.165, 1.54) is 81.2 Å². The van der Waals surface area contributed by atoms with Gasteiger partial charge in [0.2, 0.25) is 112 Å². The molecule has 0 spiro atoms. The van der Waals surface area contributed by atoms with Crippen LogP contribution in [-0.2, 0) is 117 Å². The Morgan fingerprint density at radius 3 is 1.48 bits per heavy atom. The molecular formula is C97H150N24O24S. The molecule has 2 fully saturated rings. The Hall–Kier alpha value is -14.0. The molecule has 0 bridgehead atoms. The molecule has 3 aliphatic heterocycles. The second-order valence-electron chi connectivity index (χ2n) is 37.3. The minimum Gasteiger partial charge on any atom is -0.394 e. The van der Waals surface area contributed by atoms with E-state index in [0.29, 0.717) is 24.8 Å². The molecule has 3 heterocycles. The number of carbonyl (C=O) groups is 23. The lowest BCUT2D eigenvalue weighted by atomic mass is 9.95. The third kappa shape index (κ3) is 39.2. The zero-order chi connectivity index (χ0) is 110. The molecule has 2 saturated heterocycles. The van der Waals surface area contributed by atoms with Crippen molar-refractivity contribution >= 4 is 148 Å². The fourth-order valence-electron chi connectivity index (χ4n) is 15.2. The van der Waals surface area contributed by atoms with Crippen molar-refractivity contribution in [2.75, 3.05) is 46.1 Å². The van der Waals surface area contributed by atoms with Gasteiger partial charge in [-0.1, -0.05) is 137 Å². The van der Waals surface area contributed by atoms with Gasteiger partial charge >= 0.3 is 0 Å². The van der Waals surface area contributed by atoms with Crippen molar-refractivity contribution in [3.63, 3.8) is 0 Å². The van der Waals surface area contributed by atoms with Crippen molar-refractivity contribution in [1.29, 1.82) is 0 Å². The number of nitrogens with two attached hydrogens (primary N) is 2. The van der Waals surface area contributed by atoms with E-state index >= 15 is 0 Å². The van der Waals surface area contributed by atoms with Crippen LogP contribution in [-0.4, -0.2) is 298 Å². The number of nitrogens with zero attached hydrogens (tertiary/aromatic N) is 3. The molecule has 24 N–H and O–H groups in total. The molecule has 1 aromatic carbocycles. The summed E-state index contributed by atoms with van der Waals surface area (Å²) in [4.78, 5) is 321. The van der Waals surface area contributed by atoms with Crippen LogP contribution in [0.4, 0.5) is 0 Å². The van der Waals surface area contributed by atoms with Crippen LogP contribution in [0.2, 0.25) is 0 Å². The summed E-state index contributed by atoms with van der Waals surface area (Å²) < 4.78 is 0. The van der Waals surface area contributed by atoms with Gasteiger partial charge in [0, 0.05) is 44.3 Å². The normalized spacial score (nSPS) is 19.3. The number of likely N-dealkylation sites (tertiary alicyclic amines) is 2. The Bertz CT molecular complexity index is 5020. The Balaban J connectivity index is 1.42.